The summed E-state index contributed by atoms with van der Waals surface area (Å²) in [7, 11) is 0. The maximum atomic E-state index is 12.8. The van der Waals surface area contributed by atoms with Gasteiger partial charge >= 0.3 is 5.69 Å². The largest absolute Gasteiger partial charge is 0.352 e. The summed E-state index contributed by atoms with van der Waals surface area (Å²) in [5.74, 6) is -0.173. The Labute approximate surface area is 173 Å². The molecule has 1 aliphatic carbocycles. The molecule has 0 unspecified atom stereocenters. The molecule has 1 N–H and O–H groups in total. The normalized spacial score (nSPS) is 14.7. The van der Waals surface area contributed by atoms with Crippen LogP contribution in [-0.4, -0.2) is 35.7 Å². The van der Waals surface area contributed by atoms with Crippen molar-refractivity contribution in [1.29, 1.82) is 0 Å². The Bertz CT molecular complexity index is 1320. The molecule has 4 aromatic rings. The standard InChI is InChI=1S/C22H24N6O2/c1-14-7-8-15(2)17(11-14)18-12-19-21-25-28(13-20(29)23-16-5-3-4-6-16)22(30)26(21)9-10-27(19)24-18/h7-12,16H,3-6,13H2,1-2H3,(H,23,29). The second kappa shape index (κ2) is 7.12. The van der Waals surface area contributed by atoms with Gasteiger partial charge in [0.2, 0.25) is 5.91 Å². The summed E-state index contributed by atoms with van der Waals surface area (Å²) in [6.45, 7) is 4.02. The molecule has 30 heavy (non-hydrogen) atoms. The molecule has 3 heterocycles. The lowest BCUT2D eigenvalue weighted by Crippen LogP contribution is -2.37. The molecule has 1 aromatic carbocycles. The average molecular weight is 404 g/mol. The van der Waals surface area contributed by atoms with Crippen LogP contribution in [0.3, 0.4) is 0 Å². The molecular formula is C22H24N6O2. The van der Waals surface area contributed by atoms with Crippen molar-refractivity contribution in [2.75, 3.05) is 0 Å². The summed E-state index contributed by atoms with van der Waals surface area (Å²) in [5.41, 5.74) is 5.04. The van der Waals surface area contributed by atoms with Gasteiger partial charge in [0.05, 0.1) is 5.69 Å². The molecule has 0 aliphatic heterocycles. The molecule has 0 spiro atoms. The van der Waals surface area contributed by atoms with Gasteiger partial charge in [0.15, 0.2) is 5.65 Å². The Morgan fingerprint density at radius 2 is 1.93 bits per heavy atom. The van der Waals surface area contributed by atoms with Crippen LogP contribution in [0.1, 0.15) is 36.8 Å². The van der Waals surface area contributed by atoms with Gasteiger partial charge in [-0.2, -0.15) is 5.10 Å². The van der Waals surface area contributed by atoms with E-state index in [-0.39, 0.29) is 24.2 Å². The van der Waals surface area contributed by atoms with E-state index in [1.165, 1.54) is 9.08 Å². The van der Waals surface area contributed by atoms with Crippen molar-refractivity contribution in [2.24, 2.45) is 0 Å². The lowest BCUT2D eigenvalue weighted by molar-refractivity contribution is -0.122. The van der Waals surface area contributed by atoms with Crippen LogP contribution in [0.15, 0.2) is 41.5 Å². The monoisotopic (exact) mass is 404 g/mol. The summed E-state index contributed by atoms with van der Waals surface area (Å²) in [6, 6.07) is 8.41. The van der Waals surface area contributed by atoms with Gasteiger partial charge in [0.25, 0.3) is 0 Å². The number of hydrogen-bond acceptors (Lipinski definition) is 4. The van der Waals surface area contributed by atoms with Crippen LogP contribution < -0.4 is 11.0 Å². The first-order valence-corrected chi connectivity index (χ1v) is 10.3. The van der Waals surface area contributed by atoms with Crippen LogP contribution >= 0.6 is 0 Å². The Balaban J connectivity index is 1.53. The van der Waals surface area contributed by atoms with Gasteiger partial charge in [0, 0.05) is 24.0 Å². The minimum absolute atomic E-state index is 0.0822. The predicted molar refractivity (Wildman–Crippen MR) is 114 cm³/mol. The summed E-state index contributed by atoms with van der Waals surface area (Å²) >= 11 is 0. The van der Waals surface area contributed by atoms with E-state index >= 15 is 0 Å². The van der Waals surface area contributed by atoms with E-state index in [0.717, 1.165) is 53.6 Å². The summed E-state index contributed by atoms with van der Waals surface area (Å²) < 4.78 is 4.42. The van der Waals surface area contributed by atoms with Crippen molar-refractivity contribution < 1.29 is 4.79 Å². The van der Waals surface area contributed by atoms with E-state index in [9.17, 15) is 9.59 Å². The highest BCUT2D eigenvalue weighted by molar-refractivity contribution is 5.78. The zero-order valence-electron chi connectivity index (χ0n) is 17.1. The Hall–Kier alpha value is -3.42. The average Bonchev–Trinajstić information content (AvgIpc) is 3.44. The predicted octanol–water partition coefficient (Wildman–Crippen LogP) is 2.49. The Morgan fingerprint density at radius 3 is 2.73 bits per heavy atom. The molecule has 3 aromatic heterocycles. The zero-order chi connectivity index (χ0) is 20.8. The Morgan fingerprint density at radius 1 is 1.13 bits per heavy atom. The van der Waals surface area contributed by atoms with Gasteiger partial charge < -0.3 is 5.32 Å². The van der Waals surface area contributed by atoms with Crippen LogP contribution in [0.2, 0.25) is 0 Å². The molecule has 0 radical (unpaired) electrons. The number of nitrogens with one attached hydrogen (secondary N) is 1. The number of nitrogens with zero attached hydrogens (tertiary/aromatic N) is 5. The topological polar surface area (TPSA) is 85.7 Å². The highest BCUT2D eigenvalue weighted by atomic mass is 16.2. The van der Waals surface area contributed by atoms with Crippen LogP contribution in [0.4, 0.5) is 0 Å². The van der Waals surface area contributed by atoms with Crippen LogP contribution in [-0.2, 0) is 11.3 Å². The first-order chi connectivity index (χ1) is 14.5. The number of aryl methyl sites for hydroxylation is 2. The van der Waals surface area contributed by atoms with Gasteiger partial charge in [0.1, 0.15) is 12.1 Å². The van der Waals surface area contributed by atoms with E-state index in [4.69, 9.17) is 0 Å². The fraction of sp³-hybridized carbons (Fsp3) is 0.364. The smallest absolute Gasteiger partial charge is 0.350 e. The lowest BCUT2D eigenvalue weighted by Gasteiger charge is -2.10. The molecule has 0 atom stereocenters. The van der Waals surface area contributed by atoms with Crippen molar-refractivity contribution in [3.63, 3.8) is 0 Å². The van der Waals surface area contributed by atoms with Crippen LogP contribution in [0.25, 0.3) is 22.4 Å². The molecule has 1 fully saturated rings. The molecule has 8 nitrogen and oxygen atoms in total. The van der Waals surface area contributed by atoms with Gasteiger partial charge in [-0.25, -0.2) is 18.4 Å². The van der Waals surface area contributed by atoms with E-state index in [2.05, 4.69) is 47.6 Å². The second-order valence-electron chi connectivity index (χ2n) is 8.16. The summed E-state index contributed by atoms with van der Waals surface area (Å²) in [4.78, 5) is 25.2. The van der Waals surface area contributed by atoms with E-state index in [1.54, 1.807) is 16.9 Å². The number of rotatable bonds is 4. The molecule has 0 saturated heterocycles. The van der Waals surface area contributed by atoms with Crippen LogP contribution in [0.5, 0.6) is 0 Å². The first kappa shape index (κ1) is 18.6. The fourth-order valence-corrected chi connectivity index (χ4v) is 4.26. The van der Waals surface area contributed by atoms with Crippen molar-refractivity contribution in [3.8, 4) is 11.3 Å². The van der Waals surface area contributed by atoms with Crippen molar-refractivity contribution in [1.82, 2.24) is 29.1 Å². The number of fused-ring (bicyclic) bond motifs is 3. The molecule has 1 saturated carbocycles. The van der Waals surface area contributed by atoms with E-state index < -0.39 is 0 Å². The van der Waals surface area contributed by atoms with Gasteiger partial charge in [-0.05, 0) is 44.4 Å². The highest BCUT2D eigenvalue weighted by Crippen LogP contribution is 2.25. The number of aromatic nitrogens is 5. The molecule has 1 aliphatic rings. The Kier molecular flexibility index (Phi) is 4.42. The molecule has 154 valence electrons. The maximum Gasteiger partial charge on any atom is 0.350 e. The third-order valence-electron chi connectivity index (χ3n) is 5.87. The quantitative estimate of drug-likeness (QED) is 0.566. The van der Waals surface area contributed by atoms with Crippen molar-refractivity contribution in [2.45, 2.75) is 52.1 Å². The highest BCUT2D eigenvalue weighted by Gasteiger charge is 2.19. The van der Waals surface area contributed by atoms with Crippen LogP contribution in [0, 0.1) is 13.8 Å². The molecule has 8 heteroatoms. The number of hydrogen-bond donors (Lipinski definition) is 1. The molecule has 5 rings (SSSR count). The third kappa shape index (κ3) is 3.18. The minimum atomic E-state index is -0.330. The number of carbonyl (C=O) groups excluding carboxylic acids is 1. The third-order valence-corrected chi connectivity index (χ3v) is 5.87. The lowest BCUT2D eigenvalue weighted by atomic mass is 10.0. The van der Waals surface area contributed by atoms with Crippen molar-refractivity contribution in [3.05, 3.63) is 58.3 Å². The molecule has 0 bridgehead atoms. The fourth-order valence-electron chi connectivity index (χ4n) is 4.26. The summed E-state index contributed by atoms with van der Waals surface area (Å²) in [6.07, 6.45) is 7.67. The van der Waals surface area contributed by atoms with Crippen molar-refractivity contribution >= 4 is 17.1 Å². The summed E-state index contributed by atoms with van der Waals surface area (Å²) in [5, 5.41) is 12.1. The maximum absolute atomic E-state index is 12.8. The number of benzene rings is 1. The van der Waals surface area contributed by atoms with Gasteiger partial charge in [-0.15, -0.1) is 5.10 Å². The zero-order valence-corrected chi connectivity index (χ0v) is 17.1. The van der Waals surface area contributed by atoms with Gasteiger partial charge in [-0.1, -0.05) is 30.5 Å². The number of amides is 1. The SMILES string of the molecule is Cc1ccc(C)c(-c2cc3c4nn(CC(=O)NC5CCCC5)c(=O)n4ccn3n2)c1. The minimum Gasteiger partial charge on any atom is -0.352 e. The van der Waals surface area contributed by atoms with E-state index in [0.29, 0.717) is 5.65 Å². The first-order valence-electron chi connectivity index (χ1n) is 10.3. The van der Waals surface area contributed by atoms with Gasteiger partial charge in [-0.3, -0.25) is 4.79 Å². The second-order valence-corrected chi connectivity index (χ2v) is 8.16. The molecule has 1 amide bonds. The number of carbonyl (C=O) groups is 1. The molecular weight excluding hydrogens is 380 g/mol. The van der Waals surface area contributed by atoms with E-state index in [1.807, 2.05) is 6.07 Å².